The molecule has 0 saturated carbocycles. The maximum atomic E-state index is 10.8. The van der Waals surface area contributed by atoms with E-state index in [1.807, 2.05) is 0 Å². The van der Waals surface area contributed by atoms with E-state index >= 15 is 0 Å². The predicted octanol–water partition coefficient (Wildman–Crippen LogP) is -0.155. The summed E-state index contributed by atoms with van der Waals surface area (Å²) in [7, 11) is 0. The fourth-order valence-corrected chi connectivity index (χ4v) is 1.62. The molecule has 2 rings (SSSR count). The molecule has 0 bridgehead atoms. The molecule has 2 N–H and O–H groups in total. The summed E-state index contributed by atoms with van der Waals surface area (Å²) in [6.45, 7) is 5.21. The largest absolute Gasteiger partial charge is 0.338 e. The maximum absolute atomic E-state index is 10.8. The molecular weight excluding hydrogens is 206 g/mol. The monoisotopic (exact) mass is 221 g/mol. The van der Waals surface area contributed by atoms with Gasteiger partial charge in [-0.15, -0.1) is 0 Å². The first-order valence-electron chi connectivity index (χ1n) is 5.31. The van der Waals surface area contributed by atoms with E-state index in [1.54, 1.807) is 12.4 Å². The van der Waals surface area contributed by atoms with Crippen molar-refractivity contribution in [3.05, 3.63) is 12.4 Å². The molecule has 1 aliphatic rings. The quantitative estimate of drug-likeness (QED) is 0.726. The van der Waals surface area contributed by atoms with Gasteiger partial charge in [-0.25, -0.2) is 9.97 Å². The summed E-state index contributed by atoms with van der Waals surface area (Å²) < 4.78 is 0. The van der Waals surface area contributed by atoms with E-state index in [9.17, 15) is 4.79 Å². The highest BCUT2D eigenvalue weighted by Gasteiger charge is 2.12. The van der Waals surface area contributed by atoms with Gasteiger partial charge in [0.1, 0.15) is 0 Å². The summed E-state index contributed by atoms with van der Waals surface area (Å²) in [4.78, 5) is 21.4. The molecule has 0 spiro atoms. The number of hydrogen-bond acceptors (Lipinski definition) is 5. The van der Waals surface area contributed by atoms with Crippen molar-refractivity contribution < 1.29 is 4.79 Å². The molecule has 1 aromatic rings. The molecule has 0 radical (unpaired) electrons. The first-order chi connectivity index (χ1) is 7.75. The molecule has 6 heteroatoms. The van der Waals surface area contributed by atoms with E-state index in [0.29, 0.717) is 5.69 Å². The number of carbonyl (C=O) groups excluding carboxylic acids is 1. The molecular formula is C10H15N5O. The third-order valence-corrected chi connectivity index (χ3v) is 2.36. The Bertz CT molecular complexity index is 358. The van der Waals surface area contributed by atoms with Gasteiger partial charge in [-0.05, 0) is 0 Å². The molecule has 1 amide bonds. The second kappa shape index (κ2) is 4.89. The van der Waals surface area contributed by atoms with Crippen LogP contribution in [0.25, 0.3) is 0 Å². The molecule has 0 atom stereocenters. The molecule has 0 unspecified atom stereocenters. The van der Waals surface area contributed by atoms with Crippen molar-refractivity contribution in [3.8, 4) is 0 Å². The number of piperazine rings is 1. The fraction of sp³-hybridized carbons (Fsp3) is 0.500. The van der Waals surface area contributed by atoms with Crippen molar-refractivity contribution in [1.29, 1.82) is 0 Å². The van der Waals surface area contributed by atoms with Crippen LogP contribution in [0, 0.1) is 0 Å². The van der Waals surface area contributed by atoms with Gasteiger partial charge in [-0.3, -0.25) is 4.79 Å². The van der Waals surface area contributed by atoms with Gasteiger partial charge >= 0.3 is 0 Å². The second-order valence-corrected chi connectivity index (χ2v) is 3.69. The number of nitrogens with zero attached hydrogens (tertiary/aromatic N) is 3. The Morgan fingerprint density at radius 2 is 2.00 bits per heavy atom. The van der Waals surface area contributed by atoms with Gasteiger partial charge in [0, 0.05) is 33.1 Å². The average Bonchev–Trinajstić information content (AvgIpc) is 2.30. The summed E-state index contributed by atoms with van der Waals surface area (Å²) in [6, 6.07) is 0. The molecule has 0 aromatic carbocycles. The topological polar surface area (TPSA) is 70.2 Å². The highest BCUT2D eigenvalue weighted by molar-refractivity contribution is 5.88. The van der Waals surface area contributed by atoms with Crippen molar-refractivity contribution >= 4 is 17.5 Å². The van der Waals surface area contributed by atoms with Crippen LogP contribution in [-0.4, -0.2) is 42.1 Å². The Kier molecular flexibility index (Phi) is 3.31. The summed E-state index contributed by atoms with van der Waals surface area (Å²) in [6.07, 6.45) is 3.26. The van der Waals surface area contributed by atoms with Crippen LogP contribution in [0.4, 0.5) is 11.6 Å². The Morgan fingerprint density at radius 3 is 2.56 bits per heavy atom. The lowest BCUT2D eigenvalue weighted by atomic mass is 10.4. The molecule has 1 saturated heterocycles. The smallest absolute Gasteiger partial charge is 0.225 e. The lowest BCUT2D eigenvalue weighted by Gasteiger charge is -2.27. The minimum atomic E-state index is -0.112. The normalized spacial score (nSPS) is 15.9. The van der Waals surface area contributed by atoms with Crippen LogP contribution < -0.4 is 15.5 Å². The van der Waals surface area contributed by atoms with Crippen LogP contribution in [0.15, 0.2) is 12.4 Å². The maximum Gasteiger partial charge on any atom is 0.225 e. The number of nitrogens with one attached hydrogen (secondary N) is 2. The Hall–Kier alpha value is -1.69. The van der Waals surface area contributed by atoms with Gasteiger partial charge in [0.05, 0.1) is 18.1 Å². The fourth-order valence-electron chi connectivity index (χ4n) is 1.62. The number of aromatic nitrogens is 2. The van der Waals surface area contributed by atoms with E-state index < -0.39 is 0 Å². The van der Waals surface area contributed by atoms with E-state index in [4.69, 9.17) is 0 Å². The lowest BCUT2D eigenvalue weighted by molar-refractivity contribution is -0.114. The van der Waals surface area contributed by atoms with Crippen LogP contribution in [0.5, 0.6) is 0 Å². The number of hydrogen-bond donors (Lipinski definition) is 2. The zero-order valence-corrected chi connectivity index (χ0v) is 9.23. The van der Waals surface area contributed by atoms with Crippen LogP contribution in [0.3, 0.4) is 0 Å². The van der Waals surface area contributed by atoms with Crippen LogP contribution in [0.1, 0.15) is 6.92 Å². The SMILES string of the molecule is CC(=O)Nc1cnc(N2CCNCC2)nc1. The van der Waals surface area contributed by atoms with Gasteiger partial charge in [-0.2, -0.15) is 0 Å². The summed E-state index contributed by atoms with van der Waals surface area (Å²) in [5.41, 5.74) is 0.631. The molecule has 2 heterocycles. The van der Waals surface area contributed by atoms with Gasteiger partial charge in [0.25, 0.3) is 0 Å². The summed E-state index contributed by atoms with van der Waals surface area (Å²) in [5.74, 6) is 0.606. The molecule has 1 aliphatic heterocycles. The van der Waals surface area contributed by atoms with Gasteiger partial charge in [-0.1, -0.05) is 0 Å². The van der Waals surface area contributed by atoms with Crippen LogP contribution in [-0.2, 0) is 4.79 Å². The lowest BCUT2D eigenvalue weighted by Crippen LogP contribution is -2.44. The first kappa shape index (κ1) is 10.8. The predicted molar refractivity (Wildman–Crippen MR) is 61.4 cm³/mol. The van der Waals surface area contributed by atoms with E-state index in [-0.39, 0.29) is 5.91 Å². The van der Waals surface area contributed by atoms with Gasteiger partial charge in [0.2, 0.25) is 11.9 Å². The van der Waals surface area contributed by atoms with Crippen molar-refractivity contribution in [2.75, 3.05) is 36.4 Å². The van der Waals surface area contributed by atoms with E-state index in [2.05, 4.69) is 25.5 Å². The highest BCUT2D eigenvalue weighted by atomic mass is 16.1. The minimum Gasteiger partial charge on any atom is -0.338 e. The van der Waals surface area contributed by atoms with Crippen molar-refractivity contribution in [2.45, 2.75) is 6.92 Å². The molecule has 6 nitrogen and oxygen atoms in total. The van der Waals surface area contributed by atoms with Crippen molar-refractivity contribution in [2.24, 2.45) is 0 Å². The standard InChI is InChI=1S/C10H15N5O/c1-8(16)14-9-6-12-10(13-7-9)15-4-2-11-3-5-15/h6-7,11H,2-5H2,1H3,(H,14,16). The van der Waals surface area contributed by atoms with Crippen molar-refractivity contribution in [1.82, 2.24) is 15.3 Å². The highest BCUT2D eigenvalue weighted by Crippen LogP contribution is 2.10. The summed E-state index contributed by atoms with van der Waals surface area (Å²) in [5, 5.41) is 5.91. The zero-order valence-electron chi connectivity index (χ0n) is 9.23. The molecule has 86 valence electrons. The number of amides is 1. The van der Waals surface area contributed by atoms with Gasteiger partial charge < -0.3 is 15.5 Å². The number of rotatable bonds is 2. The van der Waals surface area contributed by atoms with Crippen LogP contribution >= 0.6 is 0 Å². The molecule has 1 fully saturated rings. The average molecular weight is 221 g/mol. The Labute approximate surface area is 94.1 Å². The Morgan fingerprint density at radius 1 is 1.38 bits per heavy atom. The van der Waals surface area contributed by atoms with Gasteiger partial charge in [0.15, 0.2) is 0 Å². The summed E-state index contributed by atoms with van der Waals surface area (Å²) >= 11 is 0. The van der Waals surface area contributed by atoms with Crippen LogP contribution in [0.2, 0.25) is 0 Å². The molecule has 0 aliphatic carbocycles. The molecule has 1 aromatic heterocycles. The first-order valence-corrected chi connectivity index (χ1v) is 5.31. The Balaban J connectivity index is 2.03. The third kappa shape index (κ3) is 2.66. The van der Waals surface area contributed by atoms with Crippen molar-refractivity contribution in [3.63, 3.8) is 0 Å². The number of carbonyl (C=O) groups is 1. The second-order valence-electron chi connectivity index (χ2n) is 3.69. The zero-order chi connectivity index (χ0) is 11.4. The minimum absolute atomic E-state index is 0.112. The molecule has 16 heavy (non-hydrogen) atoms. The van der Waals surface area contributed by atoms with E-state index in [0.717, 1.165) is 32.1 Å². The van der Waals surface area contributed by atoms with E-state index in [1.165, 1.54) is 6.92 Å². The number of anilines is 2. The third-order valence-electron chi connectivity index (χ3n) is 2.36.